The summed E-state index contributed by atoms with van der Waals surface area (Å²) < 4.78 is 10.5. The van der Waals surface area contributed by atoms with Gasteiger partial charge >= 0.3 is 0 Å². The third-order valence-corrected chi connectivity index (χ3v) is 9.75. The number of methoxy groups -OCH3 is 2. The Morgan fingerprint density at radius 1 is 0.694 bits per heavy atom. The first kappa shape index (κ1) is 33.6. The van der Waals surface area contributed by atoms with Crippen LogP contribution < -0.4 is 20.1 Å². The first-order valence-electron chi connectivity index (χ1n) is 15.1. The Balaban J connectivity index is 1.04. The average molecular weight is 699 g/mol. The molecule has 0 saturated carbocycles. The van der Waals surface area contributed by atoms with E-state index in [1.54, 1.807) is 38.5 Å². The van der Waals surface area contributed by atoms with Gasteiger partial charge in [-0.3, -0.25) is 9.59 Å². The third kappa shape index (κ3) is 7.55. The van der Waals surface area contributed by atoms with Crippen molar-refractivity contribution in [2.75, 3.05) is 36.4 Å². The van der Waals surface area contributed by atoms with Crippen LogP contribution in [0.25, 0.3) is 22.1 Å². The van der Waals surface area contributed by atoms with Crippen molar-refractivity contribution in [1.29, 1.82) is 0 Å². The summed E-state index contributed by atoms with van der Waals surface area (Å²) >= 11 is 2.49. The predicted octanol–water partition coefficient (Wildman–Crippen LogP) is 6.66. The van der Waals surface area contributed by atoms with Gasteiger partial charge in [0.25, 0.3) is 0 Å². The summed E-state index contributed by atoms with van der Waals surface area (Å²) in [5.41, 5.74) is 4.58. The van der Waals surface area contributed by atoms with Crippen molar-refractivity contribution >= 4 is 68.8 Å². The molecule has 0 unspecified atom stereocenters. The summed E-state index contributed by atoms with van der Waals surface area (Å²) in [5, 5.41) is 28.3. The number of rotatable bonds is 12. The molecule has 12 nitrogen and oxygen atoms in total. The van der Waals surface area contributed by atoms with Crippen molar-refractivity contribution in [3.63, 3.8) is 0 Å². The van der Waals surface area contributed by atoms with Crippen LogP contribution in [-0.4, -0.2) is 67.7 Å². The highest BCUT2D eigenvalue weighted by atomic mass is 32.2. The van der Waals surface area contributed by atoms with Gasteiger partial charge in [-0.1, -0.05) is 49.5 Å². The zero-order chi connectivity index (χ0) is 34.7. The van der Waals surface area contributed by atoms with Gasteiger partial charge < -0.3 is 40.3 Å². The summed E-state index contributed by atoms with van der Waals surface area (Å²) in [4.78, 5) is 40.7. The fourth-order valence-electron chi connectivity index (χ4n) is 5.18. The molecule has 0 aliphatic carbocycles. The Labute approximate surface area is 290 Å². The van der Waals surface area contributed by atoms with Gasteiger partial charge in [-0.15, -0.1) is 0 Å². The molecule has 2 amide bonds. The molecule has 0 fully saturated rings. The number of nitrogens with zero attached hydrogens (tertiary/aromatic N) is 2. The lowest BCUT2D eigenvalue weighted by Gasteiger charge is -2.27. The number of aromatic amines is 2. The first-order valence-corrected chi connectivity index (χ1v) is 17.1. The van der Waals surface area contributed by atoms with Crippen LogP contribution in [0.5, 0.6) is 23.0 Å². The van der Waals surface area contributed by atoms with Crippen LogP contribution >= 0.6 is 23.5 Å². The second-order valence-corrected chi connectivity index (χ2v) is 13.5. The Hall–Kier alpha value is -5.34. The number of fused-ring (bicyclic) bond motifs is 2. The average Bonchev–Trinajstić information content (AvgIpc) is 3.70. The lowest BCUT2D eigenvalue weighted by atomic mass is 9.78. The number of aromatic hydroxyl groups is 2. The fourth-order valence-corrected chi connectivity index (χ4v) is 6.55. The summed E-state index contributed by atoms with van der Waals surface area (Å²) in [6, 6.07) is 21.1. The molecule has 0 aliphatic rings. The van der Waals surface area contributed by atoms with E-state index in [1.807, 2.05) is 62.4 Å². The molecule has 252 valence electrons. The lowest BCUT2D eigenvalue weighted by molar-refractivity contribution is -0.114. The van der Waals surface area contributed by atoms with E-state index >= 15 is 0 Å². The van der Waals surface area contributed by atoms with Crippen molar-refractivity contribution in [2.45, 2.75) is 29.6 Å². The van der Waals surface area contributed by atoms with Crippen LogP contribution in [0.3, 0.4) is 0 Å². The van der Waals surface area contributed by atoms with Crippen molar-refractivity contribution in [3.8, 4) is 23.0 Å². The first-order chi connectivity index (χ1) is 23.5. The Morgan fingerprint density at radius 2 is 1.12 bits per heavy atom. The quantitative estimate of drug-likeness (QED) is 0.0599. The van der Waals surface area contributed by atoms with Gasteiger partial charge in [0.1, 0.15) is 23.0 Å². The third-order valence-electron chi connectivity index (χ3n) is 8.00. The number of nitrogens with one attached hydrogen (secondary N) is 4. The summed E-state index contributed by atoms with van der Waals surface area (Å²) in [6.45, 7) is 3.90. The predicted molar refractivity (Wildman–Crippen MR) is 192 cm³/mol. The molecule has 2 heterocycles. The maximum absolute atomic E-state index is 12.7. The number of aromatic nitrogens is 4. The minimum absolute atomic E-state index is 0.0834. The minimum Gasteiger partial charge on any atom is -0.506 e. The number of thioether (sulfide) groups is 2. The molecule has 4 aromatic carbocycles. The molecule has 0 spiro atoms. The van der Waals surface area contributed by atoms with Gasteiger partial charge in [0.2, 0.25) is 11.8 Å². The van der Waals surface area contributed by atoms with Crippen LogP contribution in [0.4, 0.5) is 11.4 Å². The van der Waals surface area contributed by atoms with Gasteiger partial charge in [0.05, 0.1) is 59.2 Å². The second kappa shape index (κ2) is 14.0. The van der Waals surface area contributed by atoms with Crippen molar-refractivity contribution < 1.29 is 29.3 Å². The van der Waals surface area contributed by atoms with Gasteiger partial charge in [0.15, 0.2) is 10.3 Å². The molecule has 14 heteroatoms. The van der Waals surface area contributed by atoms with Crippen molar-refractivity contribution in [1.82, 2.24) is 19.9 Å². The molecule has 0 radical (unpaired) electrons. The highest BCUT2D eigenvalue weighted by Gasteiger charge is 2.26. The molecule has 6 rings (SSSR count). The Bertz CT molecular complexity index is 2030. The SMILES string of the molecule is COc1ccc2nc(SCC(=O)Nc3ccc(C(C)(C)c4ccc(NC(=O)CSc5nc6ccc(OC)cc6[nH]5)c(O)c4)cc3O)[nH]c2c1. The maximum Gasteiger partial charge on any atom is 0.234 e. The van der Waals surface area contributed by atoms with E-state index in [4.69, 9.17) is 9.47 Å². The lowest BCUT2D eigenvalue weighted by Crippen LogP contribution is -2.20. The summed E-state index contributed by atoms with van der Waals surface area (Å²) in [7, 11) is 3.19. The number of phenolic OH excluding ortho intramolecular Hbond substituents is 2. The van der Waals surface area contributed by atoms with E-state index < -0.39 is 5.41 Å². The standard InChI is InChI=1S/C35H34N6O6S2/c1-35(2,19-5-9-25(29(42)13-19)36-31(44)17-48-33-38-23-11-7-21(46-3)15-27(23)40-33)20-6-10-26(30(43)14-20)37-32(45)18-49-34-39-24-12-8-22(47-4)16-28(24)41-34/h5-16,42-43H,17-18H2,1-4H3,(H,36,44)(H,37,45)(H,38,40)(H,39,41). The number of carbonyl (C=O) groups excluding carboxylic acids is 2. The maximum atomic E-state index is 12.7. The number of hydrogen-bond donors (Lipinski definition) is 6. The molecular weight excluding hydrogens is 665 g/mol. The van der Waals surface area contributed by atoms with Crippen molar-refractivity contribution in [2.24, 2.45) is 0 Å². The molecule has 2 aromatic heterocycles. The molecule has 49 heavy (non-hydrogen) atoms. The zero-order valence-corrected chi connectivity index (χ0v) is 28.7. The van der Waals surface area contributed by atoms with E-state index in [9.17, 15) is 19.8 Å². The normalized spacial score (nSPS) is 11.5. The van der Waals surface area contributed by atoms with Gasteiger partial charge in [0, 0.05) is 17.5 Å². The Kier molecular flexibility index (Phi) is 9.60. The Morgan fingerprint density at radius 3 is 1.51 bits per heavy atom. The van der Waals surface area contributed by atoms with Crippen molar-refractivity contribution in [3.05, 3.63) is 83.9 Å². The van der Waals surface area contributed by atoms with Gasteiger partial charge in [-0.25, -0.2) is 9.97 Å². The fraction of sp³-hybridized carbons (Fsp3) is 0.200. The van der Waals surface area contributed by atoms with Gasteiger partial charge in [-0.2, -0.15) is 0 Å². The van der Waals surface area contributed by atoms with Crippen LogP contribution in [0, 0.1) is 0 Å². The number of hydrogen-bond acceptors (Lipinski definition) is 10. The van der Waals surface area contributed by atoms with E-state index in [0.29, 0.717) is 21.8 Å². The van der Waals surface area contributed by atoms with Gasteiger partial charge in [-0.05, 0) is 59.7 Å². The number of phenols is 2. The smallest absolute Gasteiger partial charge is 0.234 e. The zero-order valence-electron chi connectivity index (χ0n) is 27.1. The summed E-state index contributed by atoms with van der Waals surface area (Å²) in [5.74, 6) is 0.800. The largest absolute Gasteiger partial charge is 0.506 e. The van der Waals surface area contributed by atoms with E-state index in [-0.39, 0.29) is 46.2 Å². The number of carbonyl (C=O) groups is 2. The van der Waals surface area contributed by atoms with Crippen LogP contribution in [0.1, 0.15) is 25.0 Å². The van der Waals surface area contributed by atoms with E-state index in [2.05, 4.69) is 30.6 Å². The molecule has 6 N–H and O–H groups in total. The second-order valence-electron chi connectivity index (χ2n) is 11.6. The minimum atomic E-state index is -0.639. The topological polar surface area (TPSA) is 174 Å². The highest BCUT2D eigenvalue weighted by Crippen LogP contribution is 2.39. The molecule has 0 saturated heterocycles. The van der Waals surface area contributed by atoms with Crippen LogP contribution in [0.2, 0.25) is 0 Å². The molecule has 0 atom stereocenters. The summed E-state index contributed by atoms with van der Waals surface area (Å²) in [6.07, 6.45) is 0. The molecule has 6 aromatic rings. The number of ether oxygens (including phenoxy) is 2. The monoisotopic (exact) mass is 698 g/mol. The molecule has 0 aliphatic heterocycles. The van der Waals surface area contributed by atoms with Crippen LogP contribution in [-0.2, 0) is 15.0 Å². The molecule has 0 bridgehead atoms. The van der Waals surface area contributed by atoms with E-state index in [0.717, 1.165) is 33.2 Å². The number of anilines is 2. The number of H-pyrrole nitrogens is 2. The highest BCUT2D eigenvalue weighted by molar-refractivity contribution is 8.00. The van der Waals surface area contributed by atoms with Crippen LogP contribution in [0.15, 0.2) is 83.1 Å². The number of amides is 2. The van der Waals surface area contributed by atoms with E-state index in [1.165, 1.54) is 23.5 Å². The number of benzene rings is 4. The number of imidazole rings is 2. The molecular formula is C35H34N6O6S2.